The fourth-order valence-corrected chi connectivity index (χ4v) is 7.94. The van der Waals surface area contributed by atoms with Gasteiger partial charge in [0.2, 0.25) is 5.95 Å². The average molecular weight is 721 g/mol. The zero-order chi connectivity index (χ0) is 38.0. The van der Waals surface area contributed by atoms with E-state index in [9.17, 15) is 5.26 Å². The minimum Gasteiger partial charge on any atom is -0.308 e. The lowest BCUT2D eigenvalue weighted by atomic mass is 9.95. The number of aromatic nitrogens is 5. The predicted octanol–water partition coefficient (Wildman–Crippen LogP) is 12.2. The summed E-state index contributed by atoms with van der Waals surface area (Å²) in [6.45, 7) is 6.36. The standard InChI is InChI=1S/C50H36N6/c1-50(2,3)48-52-47(53-49(54-48)56-42-20-12-10-18-37(42)38-19-11-13-21-43(38)56)41-28-32(31-51)22-25-46(41)55-44-26-23-35(33-14-6-4-7-15-33)29-39(44)40-30-36(24-27-45(40)55)34-16-8-5-9-17-34/h4-30H,1-3H3. The molecule has 0 saturated carbocycles. The summed E-state index contributed by atoms with van der Waals surface area (Å²) in [6.07, 6.45) is 0. The number of fused-ring (bicyclic) bond motifs is 6. The molecule has 266 valence electrons. The molecule has 7 aromatic carbocycles. The summed E-state index contributed by atoms with van der Waals surface area (Å²) in [4.78, 5) is 15.6. The predicted molar refractivity (Wildman–Crippen MR) is 228 cm³/mol. The SMILES string of the molecule is CC(C)(C)c1nc(-c2cc(C#N)ccc2-n2c3ccc(-c4ccccc4)cc3c3cc(-c4ccccc4)ccc32)nc(-n2c3ccccc3c3ccccc32)n1. The van der Waals surface area contributed by atoms with Crippen molar-refractivity contribution in [1.82, 2.24) is 24.1 Å². The van der Waals surface area contributed by atoms with Crippen LogP contribution >= 0.6 is 0 Å². The summed E-state index contributed by atoms with van der Waals surface area (Å²) < 4.78 is 4.43. The Bertz CT molecular complexity index is 3030. The third-order valence-electron chi connectivity index (χ3n) is 10.7. The van der Waals surface area contributed by atoms with Crippen molar-refractivity contribution in [3.8, 4) is 51.3 Å². The fraction of sp³-hybridized carbons (Fsp3) is 0.0800. The minimum atomic E-state index is -0.396. The molecular formula is C50H36N6. The van der Waals surface area contributed by atoms with Gasteiger partial charge in [-0.25, -0.2) is 4.98 Å². The third-order valence-corrected chi connectivity index (χ3v) is 10.7. The van der Waals surface area contributed by atoms with E-state index in [-0.39, 0.29) is 0 Å². The summed E-state index contributed by atoms with van der Waals surface area (Å²) in [7, 11) is 0. The molecule has 0 bridgehead atoms. The second kappa shape index (κ2) is 12.9. The third kappa shape index (κ3) is 5.44. The molecule has 0 saturated heterocycles. The van der Waals surface area contributed by atoms with Gasteiger partial charge >= 0.3 is 0 Å². The molecule has 6 nitrogen and oxygen atoms in total. The Morgan fingerprint density at radius 2 is 0.982 bits per heavy atom. The summed E-state index contributed by atoms with van der Waals surface area (Å²) in [5, 5.41) is 14.8. The summed E-state index contributed by atoms with van der Waals surface area (Å²) in [5.74, 6) is 1.70. The van der Waals surface area contributed by atoms with Crippen molar-refractivity contribution in [3.63, 3.8) is 0 Å². The molecule has 0 N–H and O–H groups in total. The highest BCUT2D eigenvalue weighted by Crippen LogP contribution is 2.40. The quantitative estimate of drug-likeness (QED) is 0.177. The minimum absolute atomic E-state index is 0.396. The van der Waals surface area contributed by atoms with Gasteiger partial charge in [-0.1, -0.05) is 130 Å². The summed E-state index contributed by atoms with van der Waals surface area (Å²) in [6, 6.07) is 59.3. The lowest BCUT2D eigenvalue weighted by molar-refractivity contribution is 0.540. The average Bonchev–Trinajstić information content (AvgIpc) is 3.76. The molecule has 10 aromatic rings. The van der Waals surface area contributed by atoms with Gasteiger partial charge in [0.25, 0.3) is 0 Å². The first-order chi connectivity index (χ1) is 27.4. The maximum absolute atomic E-state index is 10.3. The maximum atomic E-state index is 10.3. The maximum Gasteiger partial charge on any atom is 0.238 e. The van der Waals surface area contributed by atoms with Crippen LogP contribution in [0, 0.1) is 11.3 Å². The molecule has 10 rings (SSSR count). The van der Waals surface area contributed by atoms with E-state index in [1.807, 2.05) is 42.5 Å². The molecule has 0 fully saturated rings. The van der Waals surface area contributed by atoms with E-state index in [2.05, 4.69) is 157 Å². The Balaban J connectivity index is 1.27. The summed E-state index contributed by atoms with van der Waals surface area (Å²) >= 11 is 0. The Labute approximate surface area is 324 Å². The van der Waals surface area contributed by atoms with Crippen molar-refractivity contribution >= 4 is 43.6 Å². The largest absolute Gasteiger partial charge is 0.308 e. The van der Waals surface area contributed by atoms with Crippen LogP contribution in [-0.4, -0.2) is 24.1 Å². The number of nitriles is 1. The van der Waals surface area contributed by atoms with Crippen molar-refractivity contribution in [1.29, 1.82) is 5.26 Å². The zero-order valence-electron chi connectivity index (χ0n) is 31.3. The first kappa shape index (κ1) is 33.2. The van der Waals surface area contributed by atoms with Crippen molar-refractivity contribution in [2.45, 2.75) is 26.2 Å². The second-order valence-corrected chi connectivity index (χ2v) is 15.3. The number of hydrogen-bond donors (Lipinski definition) is 0. The van der Waals surface area contributed by atoms with Gasteiger partial charge in [0.15, 0.2) is 5.82 Å². The van der Waals surface area contributed by atoms with Gasteiger partial charge in [-0.05, 0) is 76.9 Å². The lowest BCUT2D eigenvalue weighted by Crippen LogP contribution is -2.19. The second-order valence-electron chi connectivity index (χ2n) is 15.3. The van der Waals surface area contributed by atoms with Gasteiger partial charge in [-0.15, -0.1) is 0 Å². The number of rotatable bonds is 5. The lowest BCUT2D eigenvalue weighted by Gasteiger charge is -2.20. The van der Waals surface area contributed by atoms with Crippen LogP contribution in [0.3, 0.4) is 0 Å². The monoisotopic (exact) mass is 720 g/mol. The van der Waals surface area contributed by atoms with Gasteiger partial charge in [0, 0.05) is 32.5 Å². The van der Waals surface area contributed by atoms with Crippen LogP contribution in [0.2, 0.25) is 0 Å². The molecule has 6 heteroatoms. The molecule has 0 atom stereocenters. The van der Waals surface area contributed by atoms with E-state index in [1.54, 1.807) is 0 Å². The van der Waals surface area contributed by atoms with Crippen molar-refractivity contribution in [3.05, 3.63) is 175 Å². The van der Waals surface area contributed by atoms with Crippen LogP contribution in [0.1, 0.15) is 32.2 Å². The molecule has 3 heterocycles. The molecule has 3 aromatic heterocycles. The molecule has 0 spiro atoms. The Morgan fingerprint density at radius 1 is 0.464 bits per heavy atom. The van der Waals surface area contributed by atoms with E-state index in [4.69, 9.17) is 15.0 Å². The smallest absolute Gasteiger partial charge is 0.238 e. The van der Waals surface area contributed by atoms with Crippen molar-refractivity contribution < 1.29 is 0 Å². The van der Waals surface area contributed by atoms with Gasteiger partial charge < -0.3 is 4.57 Å². The van der Waals surface area contributed by atoms with E-state index in [0.717, 1.165) is 77.1 Å². The number of hydrogen-bond acceptors (Lipinski definition) is 4. The first-order valence-electron chi connectivity index (χ1n) is 18.8. The first-order valence-corrected chi connectivity index (χ1v) is 18.8. The van der Waals surface area contributed by atoms with Crippen LogP contribution < -0.4 is 0 Å². The highest BCUT2D eigenvalue weighted by atomic mass is 15.2. The highest BCUT2D eigenvalue weighted by molar-refractivity contribution is 6.12. The van der Waals surface area contributed by atoms with Crippen LogP contribution in [-0.2, 0) is 5.41 Å². The van der Waals surface area contributed by atoms with Gasteiger partial charge in [-0.3, -0.25) is 4.57 Å². The number of para-hydroxylation sites is 2. The van der Waals surface area contributed by atoms with Gasteiger partial charge in [0.1, 0.15) is 5.82 Å². The molecule has 56 heavy (non-hydrogen) atoms. The highest BCUT2D eigenvalue weighted by Gasteiger charge is 2.25. The molecule has 0 aliphatic rings. The van der Waals surface area contributed by atoms with E-state index in [1.165, 1.54) is 0 Å². The van der Waals surface area contributed by atoms with Crippen molar-refractivity contribution in [2.75, 3.05) is 0 Å². The topological polar surface area (TPSA) is 72.3 Å². The Kier molecular flexibility index (Phi) is 7.65. The molecule has 0 radical (unpaired) electrons. The van der Waals surface area contributed by atoms with Crippen LogP contribution in [0.25, 0.3) is 88.9 Å². The van der Waals surface area contributed by atoms with Crippen LogP contribution in [0.15, 0.2) is 164 Å². The van der Waals surface area contributed by atoms with Crippen LogP contribution in [0.4, 0.5) is 0 Å². The molecule has 0 aliphatic carbocycles. The number of benzene rings is 7. The normalized spacial score (nSPS) is 11.8. The van der Waals surface area contributed by atoms with Gasteiger partial charge in [-0.2, -0.15) is 15.2 Å². The summed E-state index contributed by atoms with van der Waals surface area (Å²) in [5.41, 5.74) is 10.5. The van der Waals surface area contributed by atoms with Gasteiger partial charge in [0.05, 0.1) is 39.4 Å². The Hall–Kier alpha value is -7.36. The zero-order valence-corrected chi connectivity index (χ0v) is 31.3. The molecular weight excluding hydrogens is 685 g/mol. The van der Waals surface area contributed by atoms with E-state index >= 15 is 0 Å². The van der Waals surface area contributed by atoms with E-state index < -0.39 is 5.41 Å². The van der Waals surface area contributed by atoms with E-state index in [0.29, 0.717) is 23.2 Å². The molecule has 0 unspecified atom stereocenters. The molecule has 0 aliphatic heterocycles. The fourth-order valence-electron chi connectivity index (χ4n) is 7.94. The van der Waals surface area contributed by atoms with Crippen molar-refractivity contribution in [2.24, 2.45) is 0 Å². The number of nitrogens with zero attached hydrogens (tertiary/aromatic N) is 6. The Morgan fingerprint density at radius 3 is 1.52 bits per heavy atom. The van der Waals surface area contributed by atoms with Crippen LogP contribution in [0.5, 0.6) is 0 Å². The molecule has 0 amide bonds.